The summed E-state index contributed by atoms with van der Waals surface area (Å²) in [4.78, 5) is 59.4. The molecule has 5 heterocycles. The third-order valence-corrected chi connectivity index (χ3v) is 12.4. The first-order chi connectivity index (χ1) is 26.6. The molecule has 3 aliphatic rings. The number of aryl methyl sites for hydroxylation is 1. The van der Waals surface area contributed by atoms with Crippen LogP contribution in [0.25, 0.3) is 22.3 Å². The predicted octanol–water partition coefficient (Wildman–Crippen LogP) is 5.81. The zero-order chi connectivity index (χ0) is 39.1. The van der Waals surface area contributed by atoms with Crippen molar-refractivity contribution in [2.24, 2.45) is 0 Å². The zero-order valence-electron chi connectivity index (χ0n) is 32.0. The fourth-order valence-corrected chi connectivity index (χ4v) is 8.57. The van der Waals surface area contributed by atoms with Crippen molar-refractivity contribution in [3.05, 3.63) is 99.2 Å². The molecule has 7 rings (SSSR count). The molecule has 56 heavy (non-hydrogen) atoms. The monoisotopic (exact) mass is 875 g/mol. The van der Waals surface area contributed by atoms with E-state index in [1.165, 1.54) is 16.4 Å². The Morgan fingerprint density at radius 1 is 1.04 bits per heavy atom. The summed E-state index contributed by atoms with van der Waals surface area (Å²) in [5, 5.41) is 10.9. The number of pyridine rings is 2. The van der Waals surface area contributed by atoms with Gasteiger partial charge in [0.05, 0.1) is 29.0 Å². The number of phenolic OH excluding ortho intramolecular Hbond substituents is 1. The average Bonchev–Trinajstić information content (AvgIpc) is 3.55. The van der Waals surface area contributed by atoms with E-state index in [2.05, 4.69) is 35.9 Å². The summed E-state index contributed by atoms with van der Waals surface area (Å²) in [6.45, 7) is 13.2. The smallest absolute Gasteiger partial charge is 0.509 e. The van der Waals surface area contributed by atoms with Gasteiger partial charge in [-0.1, -0.05) is 54.5 Å². The molecule has 1 N–H and O–H groups in total. The first-order valence-electron chi connectivity index (χ1n) is 18.4. The normalized spacial score (nSPS) is 17.4. The van der Waals surface area contributed by atoms with Crippen molar-refractivity contribution in [2.75, 3.05) is 51.3 Å². The minimum absolute atomic E-state index is 0. The van der Waals surface area contributed by atoms with E-state index >= 15 is 0 Å². The Bertz CT molecular complexity index is 2110. The van der Waals surface area contributed by atoms with Crippen LogP contribution in [0, 0.1) is 6.92 Å². The number of hydrogen-bond donors (Lipinski definition) is 1. The Balaban J connectivity index is 0.000000279. The van der Waals surface area contributed by atoms with Crippen molar-refractivity contribution in [3.63, 3.8) is 0 Å². The molecule has 3 aliphatic heterocycles. The Hall–Kier alpha value is -3.27. The number of hydrogen-bond acceptors (Lipinski definition) is 13. The van der Waals surface area contributed by atoms with Gasteiger partial charge >= 0.3 is 12.1 Å². The van der Waals surface area contributed by atoms with Gasteiger partial charge in [-0.3, -0.25) is 16.0 Å². The van der Waals surface area contributed by atoms with Crippen LogP contribution < -0.4 is 5.56 Å². The average molecular weight is 876 g/mol. The largest absolute Gasteiger partial charge is 0.541 e. The molecule has 2 aromatic carbocycles. The Labute approximate surface area is 360 Å². The van der Waals surface area contributed by atoms with Crippen molar-refractivity contribution >= 4 is 50.9 Å². The van der Waals surface area contributed by atoms with Crippen molar-refractivity contribution in [2.45, 2.75) is 58.4 Å². The van der Waals surface area contributed by atoms with Gasteiger partial charge in [0.2, 0.25) is 5.60 Å². The van der Waals surface area contributed by atoms with Crippen LogP contribution in [0.15, 0.2) is 53.3 Å². The van der Waals surface area contributed by atoms with Gasteiger partial charge in [0, 0.05) is 87.7 Å². The van der Waals surface area contributed by atoms with Crippen LogP contribution in [0.3, 0.4) is 0 Å². The first kappa shape index (κ1) is 43.8. The molecule has 0 amide bonds. The Morgan fingerprint density at radius 2 is 1.77 bits per heavy atom. The molecule has 1 fully saturated rings. The quantitative estimate of drug-likeness (QED) is 0.0699. The summed E-state index contributed by atoms with van der Waals surface area (Å²) >= 11 is 0. The number of aromatic nitrogens is 2. The maximum Gasteiger partial charge on any atom is 0.509 e. The predicted molar refractivity (Wildman–Crippen MR) is 215 cm³/mol. The van der Waals surface area contributed by atoms with E-state index in [-0.39, 0.29) is 69.2 Å². The Kier molecular flexibility index (Phi) is 15.6. The number of carbonyl (C=O) groups is 2. The van der Waals surface area contributed by atoms with Gasteiger partial charge in [-0.15, -0.1) is 23.0 Å². The molecule has 0 bridgehead atoms. The number of fused-ring (bicyclic) bond motifs is 5. The van der Waals surface area contributed by atoms with E-state index in [1.54, 1.807) is 46.6 Å². The molecule has 1 radical (unpaired) electrons. The number of phenols is 1. The molecular formula is C41H46N4O8S2Y-2. The van der Waals surface area contributed by atoms with E-state index < -0.39 is 17.7 Å². The third kappa shape index (κ3) is 9.53. The molecule has 15 heteroatoms. The van der Waals surface area contributed by atoms with Gasteiger partial charge in [-0.25, -0.2) is 14.6 Å². The number of benzene rings is 2. The van der Waals surface area contributed by atoms with E-state index in [0.717, 1.165) is 54.8 Å². The molecule has 1 saturated heterocycles. The number of likely N-dealkylation sites (N-methyl/N-ethyl adjacent to an activating group) is 1. The number of piperazine rings is 1. The van der Waals surface area contributed by atoms with Gasteiger partial charge in [-0.2, -0.15) is 0 Å². The van der Waals surface area contributed by atoms with Crippen molar-refractivity contribution < 1.29 is 66.4 Å². The number of rotatable bonds is 12. The second-order valence-corrected chi connectivity index (χ2v) is 16.3. The molecule has 295 valence electrons. The van der Waals surface area contributed by atoms with Crippen molar-refractivity contribution in [1.82, 2.24) is 19.4 Å². The zero-order valence-corrected chi connectivity index (χ0v) is 36.5. The SMILES string of the molecule is CN1CCN(Cc2ccc(C[C-]=O)cc2)CC1.[CH2-]CSSCCOC(=O)O[C@]1(CC)C(=O)OCc2c1cc1n(c2=O)Cc2c-1nc1ccc(O)cc1c2CC.[Y]. The molecule has 0 spiro atoms. The van der Waals surface area contributed by atoms with Crippen LogP contribution in [-0.2, 0) is 94.6 Å². The molecule has 2 aromatic heterocycles. The summed E-state index contributed by atoms with van der Waals surface area (Å²) in [5.74, 6) is 0.625. The number of carbonyl (C=O) groups excluding carboxylic acids is 3. The number of ether oxygens (including phenoxy) is 3. The van der Waals surface area contributed by atoms with E-state index in [9.17, 15) is 24.3 Å². The molecule has 0 unspecified atom stereocenters. The summed E-state index contributed by atoms with van der Waals surface area (Å²) in [7, 11) is 5.23. The van der Waals surface area contributed by atoms with Crippen LogP contribution in [-0.4, -0.2) is 94.2 Å². The summed E-state index contributed by atoms with van der Waals surface area (Å²) in [6, 6.07) is 15.0. The summed E-state index contributed by atoms with van der Waals surface area (Å²) in [5.41, 5.74) is 4.53. The third-order valence-electron chi connectivity index (χ3n) is 10.2. The molecular weight excluding hydrogens is 830 g/mol. The second-order valence-electron chi connectivity index (χ2n) is 13.6. The minimum atomic E-state index is -1.81. The molecule has 0 saturated carbocycles. The fourth-order valence-electron chi connectivity index (χ4n) is 7.27. The molecule has 0 aliphatic carbocycles. The molecule has 4 aromatic rings. The van der Waals surface area contributed by atoms with Crippen LogP contribution in [0.4, 0.5) is 4.79 Å². The standard InChI is InChI=1S/C27H27N2O7S2.C14H19N2O.Y/c1-4-16-17-11-15(30)7-8-21(17)28-23-18(16)13-29-22(23)12-20-19(24(29)31)14-35-25(32)27(20,5-2)36-26(33)34-9-10-38-37-6-3;1-15-7-9-16(10-8-15)12-14-4-2-13(3-5-14)6-11-17;/h7-8,11-12,30H,3-6,9-10,13-14H2,1-2H3;2-5H,6-10,12H2,1H3;/q2*-1;/t27-;;/m0../s1. The maximum absolute atomic E-state index is 13.7. The number of cyclic esters (lactones) is 1. The maximum atomic E-state index is 13.7. The van der Waals surface area contributed by atoms with Crippen molar-refractivity contribution in [3.8, 4) is 17.1 Å². The molecule has 12 nitrogen and oxygen atoms in total. The second kappa shape index (κ2) is 19.9. The van der Waals surface area contributed by atoms with Crippen LogP contribution in [0.5, 0.6) is 5.75 Å². The van der Waals surface area contributed by atoms with E-state index in [4.69, 9.17) is 19.2 Å². The Morgan fingerprint density at radius 3 is 2.45 bits per heavy atom. The van der Waals surface area contributed by atoms with E-state index in [1.807, 2.05) is 25.3 Å². The number of nitrogens with zero attached hydrogens (tertiary/aromatic N) is 4. The van der Waals surface area contributed by atoms with Gasteiger partial charge in [0.1, 0.15) is 19.0 Å². The first-order valence-corrected chi connectivity index (χ1v) is 20.9. The van der Waals surface area contributed by atoms with E-state index in [0.29, 0.717) is 53.4 Å². The number of aromatic hydroxyl groups is 1. The topological polar surface area (TPSA) is 140 Å². The minimum Gasteiger partial charge on any atom is -0.541 e. The molecule has 1 atom stereocenters. The van der Waals surface area contributed by atoms with Crippen LogP contribution in [0.1, 0.15) is 53.6 Å². The van der Waals surface area contributed by atoms with Crippen LogP contribution in [0.2, 0.25) is 0 Å². The van der Waals surface area contributed by atoms with Gasteiger partial charge in [-0.05, 0) is 55.3 Å². The summed E-state index contributed by atoms with van der Waals surface area (Å²) in [6.07, 6.45) is 2.05. The number of esters is 1. The van der Waals surface area contributed by atoms with Crippen LogP contribution >= 0.6 is 21.6 Å². The van der Waals surface area contributed by atoms with Crippen molar-refractivity contribution in [1.29, 1.82) is 0 Å². The van der Waals surface area contributed by atoms with Gasteiger partial charge in [0.15, 0.2) is 0 Å². The van der Waals surface area contributed by atoms with Gasteiger partial charge < -0.3 is 40.5 Å². The fraction of sp³-hybridized carbons (Fsp3) is 0.415. The van der Waals surface area contributed by atoms with Gasteiger partial charge in [0.25, 0.3) is 5.56 Å². The summed E-state index contributed by atoms with van der Waals surface area (Å²) < 4.78 is 17.8.